The molecule has 4 nitrogen and oxygen atoms in total. The molecule has 0 aromatic heterocycles. The van der Waals surface area contributed by atoms with Gasteiger partial charge in [-0.2, -0.15) is 0 Å². The summed E-state index contributed by atoms with van der Waals surface area (Å²) in [4.78, 5) is 10.7. The van der Waals surface area contributed by atoms with Crippen LogP contribution in [0.3, 0.4) is 0 Å². The standard InChI is InChI=1S/C9H8ClFO4S/c1-9(16(10,14)15)3-2-7(11)4-6(5-9)8(12)13/h2-5H,1H3,(H,12,13). The highest BCUT2D eigenvalue weighted by molar-refractivity contribution is 8.15. The van der Waals surface area contributed by atoms with Gasteiger partial charge in [-0.05, 0) is 25.2 Å². The summed E-state index contributed by atoms with van der Waals surface area (Å²) < 4.78 is 33.8. The summed E-state index contributed by atoms with van der Waals surface area (Å²) in [5.41, 5.74) is -0.464. The molecule has 1 aliphatic carbocycles. The molecule has 0 aromatic rings. The lowest BCUT2D eigenvalue weighted by Gasteiger charge is -2.17. The zero-order chi connectivity index (χ0) is 12.6. The third-order valence-electron chi connectivity index (χ3n) is 2.08. The third-order valence-corrected chi connectivity index (χ3v) is 4.38. The van der Waals surface area contributed by atoms with Crippen molar-refractivity contribution in [1.82, 2.24) is 0 Å². The van der Waals surface area contributed by atoms with E-state index in [-0.39, 0.29) is 0 Å². The fourth-order valence-electron chi connectivity index (χ4n) is 1.12. The Morgan fingerprint density at radius 2 is 2.12 bits per heavy atom. The maximum Gasteiger partial charge on any atom is 0.335 e. The van der Waals surface area contributed by atoms with Gasteiger partial charge in [0.15, 0.2) is 0 Å². The van der Waals surface area contributed by atoms with Crippen molar-refractivity contribution in [2.45, 2.75) is 11.7 Å². The van der Waals surface area contributed by atoms with Gasteiger partial charge in [-0.25, -0.2) is 17.6 Å². The topological polar surface area (TPSA) is 71.4 Å². The van der Waals surface area contributed by atoms with Gasteiger partial charge in [0.1, 0.15) is 10.6 Å². The molecule has 0 heterocycles. The summed E-state index contributed by atoms with van der Waals surface area (Å²) in [5, 5.41) is 8.73. The van der Waals surface area contributed by atoms with Crippen LogP contribution >= 0.6 is 10.7 Å². The zero-order valence-electron chi connectivity index (χ0n) is 8.15. The second-order valence-electron chi connectivity index (χ2n) is 3.39. The van der Waals surface area contributed by atoms with Crippen LogP contribution in [0.5, 0.6) is 0 Å². The molecule has 88 valence electrons. The Hall–Kier alpha value is -1.14. The van der Waals surface area contributed by atoms with Crippen molar-refractivity contribution in [2.75, 3.05) is 0 Å². The molecule has 0 radical (unpaired) electrons. The van der Waals surface area contributed by atoms with Crippen molar-refractivity contribution in [2.24, 2.45) is 0 Å². The van der Waals surface area contributed by atoms with E-state index in [1.807, 2.05) is 0 Å². The predicted octanol–water partition coefficient (Wildman–Crippen LogP) is 1.75. The summed E-state index contributed by atoms with van der Waals surface area (Å²) in [5.74, 6) is -2.27. The first-order valence-corrected chi connectivity index (χ1v) is 6.43. The molecule has 16 heavy (non-hydrogen) atoms. The molecule has 0 amide bonds. The quantitative estimate of drug-likeness (QED) is 0.773. The third kappa shape index (κ3) is 2.51. The number of halogens is 2. The van der Waals surface area contributed by atoms with Gasteiger partial charge < -0.3 is 5.11 Å². The van der Waals surface area contributed by atoms with E-state index in [1.54, 1.807) is 0 Å². The van der Waals surface area contributed by atoms with Crippen molar-refractivity contribution in [3.63, 3.8) is 0 Å². The largest absolute Gasteiger partial charge is 0.478 e. The minimum absolute atomic E-state index is 0.464. The molecule has 0 saturated carbocycles. The van der Waals surface area contributed by atoms with Crippen LogP contribution in [0.4, 0.5) is 4.39 Å². The smallest absolute Gasteiger partial charge is 0.335 e. The first-order valence-electron chi connectivity index (χ1n) is 4.12. The lowest BCUT2D eigenvalue weighted by Crippen LogP contribution is -2.27. The molecule has 1 atom stereocenters. The van der Waals surface area contributed by atoms with E-state index in [9.17, 15) is 17.6 Å². The molecule has 7 heteroatoms. The number of carbonyl (C=O) groups is 1. The molecular weight excluding hydrogens is 259 g/mol. The maximum absolute atomic E-state index is 13.0. The van der Waals surface area contributed by atoms with E-state index in [1.165, 1.54) is 6.92 Å². The molecule has 0 saturated heterocycles. The Bertz CT molecular complexity index is 518. The fraction of sp³-hybridized carbons (Fsp3) is 0.222. The van der Waals surface area contributed by atoms with E-state index >= 15 is 0 Å². The maximum atomic E-state index is 13.0. The van der Waals surface area contributed by atoms with Crippen LogP contribution < -0.4 is 0 Å². The van der Waals surface area contributed by atoms with Gasteiger partial charge >= 0.3 is 5.97 Å². The number of allylic oxidation sites excluding steroid dienone is 2. The van der Waals surface area contributed by atoms with Gasteiger partial charge in [0.05, 0.1) is 5.57 Å². The number of hydrogen-bond acceptors (Lipinski definition) is 3. The molecule has 1 unspecified atom stereocenters. The van der Waals surface area contributed by atoms with Crippen molar-refractivity contribution >= 4 is 25.7 Å². The van der Waals surface area contributed by atoms with Gasteiger partial charge in [-0.1, -0.05) is 6.08 Å². The van der Waals surface area contributed by atoms with Crippen LogP contribution in [-0.2, 0) is 13.8 Å². The molecule has 1 rings (SSSR count). The van der Waals surface area contributed by atoms with E-state index in [4.69, 9.17) is 15.8 Å². The Morgan fingerprint density at radius 1 is 1.56 bits per heavy atom. The summed E-state index contributed by atoms with van der Waals surface area (Å²) >= 11 is 0. The Morgan fingerprint density at radius 3 is 2.56 bits per heavy atom. The SMILES string of the molecule is CC1(S(=O)(=O)Cl)C=CC(F)=CC(C(=O)O)=C1. The van der Waals surface area contributed by atoms with Gasteiger partial charge in [0, 0.05) is 10.7 Å². The van der Waals surface area contributed by atoms with Crippen LogP contribution in [0.25, 0.3) is 0 Å². The minimum atomic E-state index is -4.09. The Labute approximate surface area is 96.1 Å². The normalized spacial score (nSPS) is 25.7. The van der Waals surface area contributed by atoms with Crippen LogP contribution in [0, 0.1) is 0 Å². The zero-order valence-corrected chi connectivity index (χ0v) is 9.72. The second-order valence-corrected chi connectivity index (χ2v) is 6.36. The van der Waals surface area contributed by atoms with Crippen molar-refractivity contribution in [3.8, 4) is 0 Å². The number of rotatable bonds is 2. The van der Waals surface area contributed by atoms with E-state index < -0.39 is 31.2 Å². The van der Waals surface area contributed by atoms with Crippen LogP contribution in [0.2, 0.25) is 0 Å². The molecular formula is C9H8ClFO4S. The van der Waals surface area contributed by atoms with Crippen LogP contribution in [-0.4, -0.2) is 24.2 Å². The fourth-order valence-corrected chi connectivity index (χ4v) is 1.90. The molecule has 0 bridgehead atoms. The number of hydrogen-bond donors (Lipinski definition) is 1. The van der Waals surface area contributed by atoms with E-state index in [0.717, 1.165) is 24.3 Å². The van der Waals surface area contributed by atoms with Crippen molar-refractivity contribution in [1.29, 1.82) is 0 Å². The number of aliphatic carboxylic acids is 1. The Kier molecular flexibility index (Phi) is 3.25. The highest BCUT2D eigenvalue weighted by atomic mass is 35.7. The minimum Gasteiger partial charge on any atom is -0.478 e. The van der Waals surface area contributed by atoms with Crippen LogP contribution in [0.15, 0.2) is 35.7 Å². The van der Waals surface area contributed by atoms with E-state index in [2.05, 4.69) is 0 Å². The lowest BCUT2D eigenvalue weighted by atomic mass is 10.1. The van der Waals surface area contributed by atoms with Gasteiger partial charge in [-0.15, -0.1) is 0 Å². The Balaban J connectivity index is 3.43. The van der Waals surface area contributed by atoms with Crippen molar-refractivity contribution < 1.29 is 22.7 Å². The van der Waals surface area contributed by atoms with Crippen LogP contribution in [0.1, 0.15) is 6.92 Å². The van der Waals surface area contributed by atoms with Gasteiger partial charge in [0.2, 0.25) is 9.05 Å². The first-order chi connectivity index (χ1) is 7.16. The molecule has 1 aliphatic rings. The number of carboxylic acid groups (broad SMARTS) is 1. The summed E-state index contributed by atoms with van der Waals surface area (Å²) in [6.45, 7) is 1.18. The summed E-state index contributed by atoms with van der Waals surface area (Å²) in [6.07, 6.45) is 3.48. The summed E-state index contributed by atoms with van der Waals surface area (Å²) in [6, 6.07) is 0. The average Bonchev–Trinajstić information content (AvgIpc) is 2.26. The van der Waals surface area contributed by atoms with Crippen molar-refractivity contribution in [3.05, 3.63) is 35.7 Å². The highest BCUT2D eigenvalue weighted by Crippen LogP contribution is 2.29. The second kappa shape index (κ2) is 4.03. The molecule has 0 aliphatic heterocycles. The lowest BCUT2D eigenvalue weighted by molar-refractivity contribution is -0.132. The monoisotopic (exact) mass is 266 g/mol. The molecule has 0 aromatic carbocycles. The highest BCUT2D eigenvalue weighted by Gasteiger charge is 2.35. The van der Waals surface area contributed by atoms with Gasteiger partial charge in [-0.3, -0.25) is 0 Å². The predicted molar refractivity (Wildman–Crippen MR) is 57.2 cm³/mol. The summed E-state index contributed by atoms with van der Waals surface area (Å²) in [7, 11) is 1.09. The molecule has 0 spiro atoms. The van der Waals surface area contributed by atoms with Gasteiger partial charge in [0.25, 0.3) is 0 Å². The average molecular weight is 267 g/mol. The molecule has 1 N–H and O–H groups in total. The van der Waals surface area contributed by atoms with E-state index in [0.29, 0.717) is 0 Å². The number of carboxylic acids is 1. The first kappa shape index (κ1) is 12.9. The molecule has 0 fully saturated rings.